The van der Waals surface area contributed by atoms with E-state index in [1.165, 1.54) is 25.5 Å². The lowest BCUT2D eigenvalue weighted by Gasteiger charge is -2.38. The predicted molar refractivity (Wildman–Crippen MR) is 165 cm³/mol. The molecule has 1 aliphatic rings. The van der Waals surface area contributed by atoms with Crippen LogP contribution in [0.25, 0.3) is 23.3 Å². The molecular weight excluding hydrogens is 499 g/mol. The Bertz CT molecular complexity index is 1420. The van der Waals surface area contributed by atoms with E-state index in [-0.39, 0.29) is 17.3 Å². The topological polar surface area (TPSA) is 66.6 Å². The molecule has 4 rings (SSSR count). The van der Waals surface area contributed by atoms with E-state index in [0.29, 0.717) is 11.3 Å². The van der Waals surface area contributed by atoms with E-state index in [1.807, 2.05) is 47.4 Å². The molecule has 5 heteroatoms. The number of allylic oxidation sites excluding steroid dienone is 3. The lowest BCUT2D eigenvalue weighted by Crippen LogP contribution is -2.33. The van der Waals surface area contributed by atoms with Crippen LogP contribution in [0.4, 0.5) is 15.8 Å². The van der Waals surface area contributed by atoms with Crippen molar-refractivity contribution in [3.05, 3.63) is 108 Å². The number of hydrogen-bond acceptors (Lipinski definition) is 4. The minimum absolute atomic E-state index is 0.0421. The SMILES string of the molecule is C=Cc1cc(-c2ccc(C(O)N(/C(=C\CC)C3CCCCC3)c3cccc(/C=C/C(C)=O)c3)c(F)c2)ccc1N. The number of halogens is 1. The Kier molecular flexibility index (Phi) is 9.73. The van der Waals surface area contributed by atoms with Gasteiger partial charge in [0.15, 0.2) is 12.0 Å². The molecule has 1 saturated carbocycles. The van der Waals surface area contributed by atoms with Crippen molar-refractivity contribution in [2.24, 2.45) is 5.92 Å². The van der Waals surface area contributed by atoms with Crippen LogP contribution in [-0.2, 0) is 4.79 Å². The van der Waals surface area contributed by atoms with E-state index < -0.39 is 12.0 Å². The second kappa shape index (κ2) is 13.4. The normalized spacial score (nSPS) is 15.2. The molecule has 0 radical (unpaired) electrons. The summed E-state index contributed by atoms with van der Waals surface area (Å²) in [6.07, 6.45) is 12.2. The van der Waals surface area contributed by atoms with Crippen molar-refractivity contribution >= 4 is 29.3 Å². The molecule has 1 fully saturated rings. The van der Waals surface area contributed by atoms with Crippen LogP contribution in [0.1, 0.15) is 75.3 Å². The summed E-state index contributed by atoms with van der Waals surface area (Å²) in [4.78, 5) is 13.4. The minimum atomic E-state index is -1.24. The first-order chi connectivity index (χ1) is 19.3. The van der Waals surface area contributed by atoms with Gasteiger partial charge >= 0.3 is 0 Å². The van der Waals surface area contributed by atoms with Crippen LogP contribution < -0.4 is 10.6 Å². The van der Waals surface area contributed by atoms with Gasteiger partial charge in [0, 0.05) is 22.6 Å². The summed E-state index contributed by atoms with van der Waals surface area (Å²) in [5.41, 5.74) is 11.7. The molecule has 0 amide bonds. The van der Waals surface area contributed by atoms with Gasteiger partial charge in [-0.15, -0.1) is 0 Å². The molecule has 1 aliphatic carbocycles. The van der Waals surface area contributed by atoms with E-state index in [9.17, 15) is 9.90 Å². The van der Waals surface area contributed by atoms with Gasteiger partial charge in [-0.3, -0.25) is 4.79 Å². The summed E-state index contributed by atoms with van der Waals surface area (Å²) in [6.45, 7) is 7.40. The van der Waals surface area contributed by atoms with Gasteiger partial charge in [-0.05, 0) is 90.8 Å². The number of carbonyl (C=O) groups is 1. The third kappa shape index (κ3) is 6.78. The monoisotopic (exact) mass is 538 g/mol. The highest BCUT2D eigenvalue weighted by Crippen LogP contribution is 2.40. The van der Waals surface area contributed by atoms with E-state index in [4.69, 9.17) is 5.73 Å². The molecule has 3 aromatic rings. The molecule has 0 aromatic heterocycles. The summed E-state index contributed by atoms with van der Waals surface area (Å²) in [5.74, 6) is -0.257. The first kappa shape index (κ1) is 29.0. The summed E-state index contributed by atoms with van der Waals surface area (Å²) >= 11 is 0. The van der Waals surface area contributed by atoms with Crippen molar-refractivity contribution in [1.82, 2.24) is 0 Å². The number of benzene rings is 3. The highest BCUT2D eigenvalue weighted by molar-refractivity contribution is 5.91. The minimum Gasteiger partial charge on any atom is -0.398 e. The highest BCUT2D eigenvalue weighted by Gasteiger charge is 2.30. The number of nitrogens with zero attached hydrogens (tertiary/aromatic N) is 1. The quantitative estimate of drug-likeness (QED) is 0.154. The standard InChI is InChI=1S/C35H39FN2O2/c1-4-10-34(27-12-7-6-8-13-27)38(30-14-9-11-25(21-30)16-15-24(3)39)35(40)31-19-17-29(23-32(31)36)28-18-20-33(37)26(5-2)22-28/h5,9-11,14-23,27,35,40H,2,4,6-8,12-13,37H2,1,3H3/b16-15+,34-10-. The fourth-order valence-corrected chi connectivity index (χ4v) is 5.48. The molecule has 0 saturated heterocycles. The molecule has 1 unspecified atom stereocenters. The van der Waals surface area contributed by atoms with E-state index in [1.54, 1.807) is 24.3 Å². The third-order valence-electron chi connectivity index (χ3n) is 7.54. The second-order valence-corrected chi connectivity index (χ2v) is 10.4. The van der Waals surface area contributed by atoms with Crippen LogP contribution >= 0.6 is 0 Å². The average Bonchev–Trinajstić information content (AvgIpc) is 2.96. The largest absolute Gasteiger partial charge is 0.398 e. The summed E-state index contributed by atoms with van der Waals surface area (Å²) in [5, 5.41) is 11.9. The Morgan fingerprint density at radius 2 is 1.82 bits per heavy atom. The van der Waals surface area contributed by atoms with Crippen molar-refractivity contribution in [2.75, 3.05) is 10.6 Å². The Morgan fingerprint density at radius 3 is 2.50 bits per heavy atom. The van der Waals surface area contributed by atoms with Crippen molar-refractivity contribution in [3.63, 3.8) is 0 Å². The highest BCUT2D eigenvalue weighted by atomic mass is 19.1. The van der Waals surface area contributed by atoms with Crippen LogP contribution in [0, 0.1) is 11.7 Å². The number of nitrogen functional groups attached to an aromatic ring is 1. The fraction of sp³-hybridized carbons (Fsp3) is 0.286. The van der Waals surface area contributed by atoms with Gasteiger partial charge in [-0.1, -0.05) is 81.3 Å². The predicted octanol–water partition coefficient (Wildman–Crippen LogP) is 8.69. The third-order valence-corrected chi connectivity index (χ3v) is 7.54. The fourth-order valence-electron chi connectivity index (χ4n) is 5.48. The number of rotatable bonds is 10. The Labute approximate surface area is 237 Å². The molecule has 0 bridgehead atoms. The lowest BCUT2D eigenvalue weighted by molar-refractivity contribution is -0.112. The number of aliphatic hydroxyl groups excluding tert-OH is 1. The molecule has 0 spiro atoms. The van der Waals surface area contributed by atoms with Crippen molar-refractivity contribution in [3.8, 4) is 11.1 Å². The molecule has 0 heterocycles. The number of hydrogen-bond donors (Lipinski definition) is 2. The van der Waals surface area contributed by atoms with Crippen LogP contribution in [-0.4, -0.2) is 10.9 Å². The Balaban J connectivity index is 1.78. The number of anilines is 2. The van der Waals surface area contributed by atoms with Crippen LogP contribution in [0.3, 0.4) is 0 Å². The second-order valence-electron chi connectivity index (χ2n) is 10.4. The first-order valence-electron chi connectivity index (χ1n) is 14.1. The lowest BCUT2D eigenvalue weighted by atomic mass is 9.85. The summed E-state index contributed by atoms with van der Waals surface area (Å²) in [7, 11) is 0. The summed E-state index contributed by atoms with van der Waals surface area (Å²) in [6, 6.07) is 18.2. The molecule has 3 aromatic carbocycles. The smallest absolute Gasteiger partial charge is 0.160 e. The zero-order chi connectivity index (χ0) is 28.6. The van der Waals surface area contributed by atoms with Crippen LogP contribution in [0.15, 0.2) is 85.1 Å². The number of ketones is 1. The van der Waals surface area contributed by atoms with Gasteiger partial charge in [0.1, 0.15) is 5.82 Å². The molecule has 208 valence electrons. The molecule has 0 aliphatic heterocycles. The molecule has 1 atom stereocenters. The maximum Gasteiger partial charge on any atom is 0.160 e. The van der Waals surface area contributed by atoms with E-state index in [2.05, 4.69) is 19.6 Å². The number of nitrogens with two attached hydrogens (primary N) is 1. The molecule has 3 N–H and O–H groups in total. The van der Waals surface area contributed by atoms with Crippen molar-refractivity contribution in [1.29, 1.82) is 0 Å². The zero-order valence-electron chi connectivity index (χ0n) is 23.4. The molecule has 40 heavy (non-hydrogen) atoms. The van der Waals surface area contributed by atoms with Gasteiger partial charge in [-0.2, -0.15) is 0 Å². The number of carbonyl (C=O) groups excluding carboxylic acids is 1. The zero-order valence-corrected chi connectivity index (χ0v) is 23.4. The van der Waals surface area contributed by atoms with E-state index in [0.717, 1.165) is 60.2 Å². The molecular formula is C35H39FN2O2. The van der Waals surface area contributed by atoms with Gasteiger partial charge in [0.05, 0.1) is 0 Å². The maximum absolute atomic E-state index is 15.8. The Morgan fingerprint density at radius 1 is 1.10 bits per heavy atom. The van der Waals surface area contributed by atoms with Gasteiger partial charge in [0.25, 0.3) is 0 Å². The van der Waals surface area contributed by atoms with Gasteiger partial charge in [-0.25, -0.2) is 4.39 Å². The average molecular weight is 539 g/mol. The van der Waals surface area contributed by atoms with Crippen LogP contribution in [0.5, 0.6) is 0 Å². The van der Waals surface area contributed by atoms with E-state index >= 15 is 4.39 Å². The Hall–Kier alpha value is -3.96. The first-order valence-corrected chi connectivity index (χ1v) is 14.1. The van der Waals surface area contributed by atoms with Gasteiger partial charge < -0.3 is 15.7 Å². The number of aliphatic hydroxyl groups is 1. The molecule has 4 nitrogen and oxygen atoms in total. The van der Waals surface area contributed by atoms with Crippen molar-refractivity contribution < 1.29 is 14.3 Å². The van der Waals surface area contributed by atoms with Crippen molar-refractivity contribution in [2.45, 2.75) is 58.6 Å². The van der Waals surface area contributed by atoms with Gasteiger partial charge in [0.2, 0.25) is 0 Å². The van der Waals surface area contributed by atoms with Crippen LogP contribution in [0.2, 0.25) is 0 Å². The summed E-state index contributed by atoms with van der Waals surface area (Å²) < 4.78 is 15.8. The maximum atomic E-state index is 15.8.